The van der Waals surface area contributed by atoms with Crippen molar-refractivity contribution in [1.29, 1.82) is 0 Å². The maximum Gasteiger partial charge on any atom is 0.428 e. The van der Waals surface area contributed by atoms with Gasteiger partial charge >= 0.3 is 35.8 Å². The van der Waals surface area contributed by atoms with E-state index in [0.29, 0.717) is 0 Å². The summed E-state index contributed by atoms with van der Waals surface area (Å²) in [6, 6.07) is 0. The van der Waals surface area contributed by atoms with Gasteiger partial charge in [0.25, 0.3) is 11.3 Å². The fourth-order valence-corrected chi connectivity index (χ4v) is 1.36. The number of hydrogen-bond acceptors (Lipinski definition) is 1. The quantitative estimate of drug-likeness (QED) is 0.654. The summed E-state index contributed by atoms with van der Waals surface area (Å²) in [5.74, 6) is -32.9. The highest BCUT2D eigenvalue weighted by molar-refractivity contribution is 5.77. The fraction of sp³-hybridized carbons (Fsp3) is 0.900. The van der Waals surface area contributed by atoms with Crippen LogP contribution in [0.15, 0.2) is 0 Å². The Hall–Kier alpha value is -1.44. The van der Waals surface area contributed by atoms with Crippen molar-refractivity contribution in [3.05, 3.63) is 0 Å². The minimum Gasteiger partial charge on any atom is -0.477 e. The van der Waals surface area contributed by atoms with Gasteiger partial charge in [-0.1, -0.05) is 0 Å². The number of hydrogen-bond donors (Lipinski definition) is 1. The monoisotopic (exact) mass is 406 g/mol. The van der Waals surface area contributed by atoms with Crippen LogP contribution < -0.4 is 0 Å². The van der Waals surface area contributed by atoms with E-state index >= 15 is 0 Å². The van der Waals surface area contributed by atoms with Gasteiger partial charge in [0.2, 0.25) is 0 Å². The van der Waals surface area contributed by atoms with E-state index in [9.17, 15) is 61.9 Å². The Morgan fingerprint density at radius 3 is 1.12 bits per heavy atom. The van der Waals surface area contributed by atoms with E-state index in [-0.39, 0.29) is 0 Å². The van der Waals surface area contributed by atoms with E-state index in [2.05, 4.69) is 0 Å². The molecule has 0 aromatic rings. The van der Waals surface area contributed by atoms with Crippen LogP contribution in [0.3, 0.4) is 0 Å². The molecule has 0 amide bonds. The highest BCUT2D eigenvalue weighted by Crippen LogP contribution is 2.61. The van der Waals surface area contributed by atoms with Gasteiger partial charge in [-0.3, -0.25) is 0 Å². The summed E-state index contributed by atoms with van der Waals surface area (Å²) >= 11 is 0. The van der Waals surface area contributed by atoms with Crippen LogP contribution in [0.2, 0.25) is 0 Å². The Morgan fingerprint density at radius 1 is 0.600 bits per heavy atom. The molecule has 0 aromatic carbocycles. The van der Waals surface area contributed by atoms with Crippen LogP contribution in [0.4, 0.5) is 57.1 Å². The van der Waals surface area contributed by atoms with E-state index in [0.717, 1.165) is 0 Å². The van der Waals surface area contributed by atoms with Gasteiger partial charge in [0.05, 0.1) is 0 Å². The first kappa shape index (κ1) is 23.6. The van der Waals surface area contributed by atoms with Gasteiger partial charge in [0.15, 0.2) is 0 Å². The van der Waals surface area contributed by atoms with E-state index in [1.165, 1.54) is 0 Å². The van der Waals surface area contributed by atoms with Gasteiger partial charge in [-0.15, -0.1) is 0 Å². The van der Waals surface area contributed by atoms with Crippen molar-refractivity contribution in [2.75, 3.05) is 0 Å². The molecule has 0 aliphatic carbocycles. The van der Waals surface area contributed by atoms with Gasteiger partial charge in [0, 0.05) is 0 Å². The largest absolute Gasteiger partial charge is 0.477 e. The summed E-state index contributed by atoms with van der Waals surface area (Å²) < 4.78 is 169. The van der Waals surface area contributed by atoms with Gasteiger partial charge in [-0.05, 0) is 13.8 Å². The second-order valence-electron chi connectivity index (χ2n) is 5.11. The van der Waals surface area contributed by atoms with Crippen molar-refractivity contribution in [3.8, 4) is 0 Å². The Labute approximate surface area is 129 Å². The number of aliphatic carboxylic acids is 1. The predicted molar refractivity (Wildman–Crippen MR) is 52.5 cm³/mol. The summed E-state index contributed by atoms with van der Waals surface area (Å²) in [5.41, 5.74) is -12.7. The van der Waals surface area contributed by atoms with Crippen LogP contribution in [0, 0.1) is 0 Å². The maximum atomic E-state index is 13.5. The van der Waals surface area contributed by atoms with E-state index in [1.54, 1.807) is 0 Å². The molecule has 0 heterocycles. The Balaban J connectivity index is 6.55. The molecule has 0 spiro atoms. The van der Waals surface area contributed by atoms with Crippen LogP contribution in [-0.2, 0) is 4.79 Å². The van der Waals surface area contributed by atoms with E-state index in [1.807, 2.05) is 0 Å². The second kappa shape index (κ2) is 5.53. The Morgan fingerprint density at radius 2 is 0.880 bits per heavy atom. The first-order valence-corrected chi connectivity index (χ1v) is 5.63. The molecule has 2 atom stereocenters. The maximum absolute atomic E-state index is 13.5. The van der Waals surface area contributed by atoms with Gasteiger partial charge < -0.3 is 5.11 Å². The molecular formula is C10H7F13O2. The first-order valence-electron chi connectivity index (χ1n) is 5.63. The minimum atomic E-state index is -7.72. The first-order chi connectivity index (χ1) is 10.4. The lowest BCUT2D eigenvalue weighted by molar-refractivity contribution is -0.409. The minimum absolute atomic E-state index is 1.26. The zero-order valence-electron chi connectivity index (χ0n) is 11.8. The molecule has 0 bridgehead atoms. The summed E-state index contributed by atoms with van der Waals surface area (Å²) in [4.78, 5) is 10.0. The Bertz CT molecular complexity index is 531. The lowest BCUT2D eigenvalue weighted by Crippen LogP contribution is -2.74. The van der Waals surface area contributed by atoms with Crippen LogP contribution in [0.1, 0.15) is 13.8 Å². The number of carboxylic acids is 1. The molecule has 0 saturated heterocycles. The van der Waals surface area contributed by atoms with Gasteiger partial charge in [0.1, 0.15) is 0 Å². The van der Waals surface area contributed by atoms with Crippen LogP contribution >= 0.6 is 0 Å². The average molecular weight is 406 g/mol. The number of carboxylic acid groups (broad SMARTS) is 1. The second-order valence-corrected chi connectivity index (χ2v) is 5.11. The number of alkyl halides is 13. The predicted octanol–water partition coefficient (Wildman–Crippen LogP) is 4.63. The number of rotatable bonds is 6. The average Bonchev–Trinajstić information content (AvgIpc) is 2.35. The lowest BCUT2D eigenvalue weighted by Gasteiger charge is -2.44. The highest BCUT2D eigenvalue weighted by atomic mass is 19.4. The lowest BCUT2D eigenvalue weighted by atomic mass is 9.81. The van der Waals surface area contributed by atoms with Gasteiger partial charge in [-0.2, -0.15) is 48.3 Å². The molecule has 0 saturated carbocycles. The number of halogens is 13. The van der Waals surface area contributed by atoms with Gasteiger partial charge in [-0.25, -0.2) is 13.6 Å². The summed E-state index contributed by atoms with van der Waals surface area (Å²) in [6.07, 6.45) is -6.90. The van der Waals surface area contributed by atoms with Crippen molar-refractivity contribution in [3.63, 3.8) is 0 Å². The van der Waals surface area contributed by atoms with E-state index < -0.39 is 61.0 Å². The molecule has 0 radical (unpaired) electrons. The number of carbonyl (C=O) groups is 1. The molecule has 15 heteroatoms. The SMILES string of the molecule is CC(F)(C(F)(F)F)C(F)(F)C(F)(F)C(F)(F)C(C)(F)C(F)(F)C(=O)O. The zero-order chi connectivity index (χ0) is 21.1. The van der Waals surface area contributed by atoms with Crippen molar-refractivity contribution < 1.29 is 67.0 Å². The molecule has 2 unspecified atom stereocenters. The molecule has 1 N–H and O–H groups in total. The third-order valence-corrected chi connectivity index (χ3v) is 3.36. The summed E-state index contributed by atoms with van der Waals surface area (Å²) in [6.45, 7) is -2.56. The summed E-state index contributed by atoms with van der Waals surface area (Å²) in [7, 11) is 0. The van der Waals surface area contributed by atoms with Crippen molar-refractivity contribution in [1.82, 2.24) is 0 Å². The van der Waals surface area contributed by atoms with Crippen LogP contribution in [0.5, 0.6) is 0 Å². The normalized spacial score (nSPS) is 20.0. The van der Waals surface area contributed by atoms with Crippen LogP contribution in [-0.4, -0.2) is 52.3 Å². The van der Waals surface area contributed by atoms with Crippen molar-refractivity contribution >= 4 is 5.97 Å². The molecule has 150 valence electrons. The Kier molecular flexibility index (Phi) is 5.21. The van der Waals surface area contributed by atoms with Crippen LogP contribution in [0.25, 0.3) is 0 Å². The molecule has 0 aliphatic heterocycles. The smallest absolute Gasteiger partial charge is 0.428 e. The molecule has 0 aromatic heterocycles. The zero-order valence-corrected chi connectivity index (χ0v) is 11.8. The van der Waals surface area contributed by atoms with Crippen molar-refractivity contribution in [2.24, 2.45) is 0 Å². The molecule has 0 rings (SSSR count). The molecule has 2 nitrogen and oxygen atoms in total. The van der Waals surface area contributed by atoms with Crippen molar-refractivity contribution in [2.45, 2.75) is 55.1 Å². The third kappa shape index (κ3) is 2.78. The third-order valence-electron chi connectivity index (χ3n) is 3.36. The fourth-order valence-electron chi connectivity index (χ4n) is 1.36. The molecule has 25 heavy (non-hydrogen) atoms. The molecular weight excluding hydrogens is 399 g/mol. The van der Waals surface area contributed by atoms with E-state index in [4.69, 9.17) is 5.11 Å². The molecule has 0 aliphatic rings. The summed E-state index contributed by atoms with van der Waals surface area (Å²) in [5, 5.41) is 7.89. The molecule has 0 fully saturated rings. The highest BCUT2D eigenvalue weighted by Gasteiger charge is 2.90. The topological polar surface area (TPSA) is 37.3 Å². The standard InChI is InChI=1S/C10H7F13O2/c1-4(11,6(13,14)3(24)25)7(15,16)9(19,20)8(17,18)5(2,12)10(21,22)23/h1-2H3,(H,24,25).